The van der Waals surface area contributed by atoms with Gasteiger partial charge in [0.25, 0.3) is 0 Å². The third-order valence-electron chi connectivity index (χ3n) is 4.42. The van der Waals surface area contributed by atoms with Gasteiger partial charge in [0.2, 0.25) is 0 Å². The monoisotopic (exact) mass is 291 g/mol. The van der Waals surface area contributed by atoms with E-state index in [1.165, 1.54) is 0 Å². The SMILES string of the molecule is COc1c(C)cnc(CC2(C(=O)O)CCCCC2=O)c1C. The predicted molar refractivity (Wildman–Crippen MR) is 77.5 cm³/mol. The molecule has 0 aromatic carbocycles. The quantitative estimate of drug-likeness (QED) is 0.862. The number of ether oxygens (including phenoxy) is 1. The zero-order valence-electron chi connectivity index (χ0n) is 12.7. The Morgan fingerprint density at radius 3 is 2.71 bits per heavy atom. The van der Waals surface area contributed by atoms with Crippen LogP contribution in [0.15, 0.2) is 6.20 Å². The molecule has 0 bridgehead atoms. The minimum absolute atomic E-state index is 0.143. The van der Waals surface area contributed by atoms with Crippen LogP contribution in [0.25, 0.3) is 0 Å². The largest absolute Gasteiger partial charge is 0.496 e. The fraction of sp³-hybridized carbons (Fsp3) is 0.562. The highest BCUT2D eigenvalue weighted by Crippen LogP contribution is 2.38. The Hall–Kier alpha value is -1.91. The Kier molecular flexibility index (Phi) is 4.30. The highest BCUT2D eigenvalue weighted by molar-refractivity contribution is 6.03. The molecule has 1 aliphatic carbocycles. The summed E-state index contributed by atoms with van der Waals surface area (Å²) in [5.74, 6) is -0.501. The van der Waals surface area contributed by atoms with Crippen LogP contribution in [-0.2, 0) is 16.0 Å². The van der Waals surface area contributed by atoms with Crippen molar-refractivity contribution in [3.8, 4) is 5.75 Å². The van der Waals surface area contributed by atoms with Gasteiger partial charge < -0.3 is 9.84 Å². The van der Waals surface area contributed by atoms with Crippen LogP contribution >= 0.6 is 0 Å². The fourth-order valence-electron chi connectivity index (χ4n) is 3.11. The lowest BCUT2D eigenvalue weighted by Crippen LogP contribution is -2.43. The van der Waals surface area contributed by atoms with Gasteiger partial charge in [0.1, 0.15) is 11.2 Å². The van der Waals surface area contributed by atoms with Gasteiger partial charge >= 0.3 is 5.97 Å². The Balaban J connectivity index is 2.43. The number of carbonyl (C=O) groups is 2. The minimum Gasteiger partial charge on any atom is -0.496 e. The van der Waals surface area contributed by atoms with E-state index in [0.717, 1.165) is 24.0 Å². The molecule has 1 N–H and O–H groups in total. The van der Waals surface area contributed by atoms with Gasteiger partial charge in [0.15, 0.2) is 5.78 Å². The number of nitrogens with zero attached hydrogens (tertiary/aromatic N) is 1. The first-order chi connectivity index (χ1) is 9.92. The zero-order valence-corrected chi connectivity index (χ0v) is 12.7. The van der Waals surface area contributed by atoms with Crippen molar-refractivity contribution in [1.82, 2.24) is 4.98 Å². The van der Waals surface area contributed by atoms with Gasteiger partial charge in [0.05, 0.1) is 7.11 Å². The molecule has 1 fully saturated rings. The number of ketones is 1. The summed E-state index contributed by atoms with van der Waals surface area (Å²) >= 11 is 0. The molecule has 1 unspecified atom stereocenters. The number of hydrogen-bond acceptors (Lipinski definition) is 4. The Morgan fingerprint density at radius 2 is 2.14 bits per heavy atom. The first-order valence-corrected chi connectivity index (χ1v) is 7.18. The van der Waals surface area contributed by atoms with E-state index in [0.29, 0.717) is 24.3 Å². The smallest absolute Gasteiger partial charge is 0.317 e. The molecule has 5 heteroatoms. The van der Waals surface area contributed by atoms with E-state index in [1.807, 2.05) is 13.8 Å². The van der Waals surface area contributed by atoms with Gasteiger partial charge in [-0.25, -0.2) is 0 Å². The summed E-state index contributed by atoms with van der Waals surface area (Å²) in [6.07, 6.45) is 4.08. The molecule has 0 aliphatic heterocycles. The molecule has 0 spiro atoms. The van der Waals surface area contributed by atoms with Gasteiger partial charge in [0, 0.05) is 35.9 Å². The normalized spacial score (nSPS) is 22.1. The second kappa shape index (κ2) is 5.84. The predicted octanol–water partition coefficient (Wildman–Crippen LogP) is 2.46. The summed E-state index contributed by atoms with van der Waals surface area (Å²) < 4.78 is 5.35. The topological polar surface area (TPSA) is 76.5 Å². The summed E-state index contributed by atoms with van der Waals surface area (Å²) in [6.45, 7) is 3.75. The maximum atomic E-state index is 12.3. The summed E-state index contributed by atoms with van der Waals surface area (Å²) in [4.78, 5) is 28.3. The summed E-state index contributed by atoms with van der Waals surface area (Å²) in [6, 6.07) is 0. The van der Waals surface area contributed by atoms with Crippen molar-refractivity contribution < 1.29 is 19.4 Å². The maximum absolute atomic E-state index is 12.3. The van der Waals surface area contributed by atoms with Gasteiger partial charge in [-0.3, -0.25) is 14.6 Å². The summed E-state index contributed by atoms with van der Waals surface area (Å²) in [7, 11) is 1.58. The highest BCUT2D eigenvalue weighted by atomic mass is 16.5. The lowest BCUT2D eigenvalue weighted by atomic mass is 9.69. The maximum Gasteiger partial charge on any atom is 0.317 e. The first kappa shape index (κ1) is 15.5. The summed E-state index contributed by atoms with van der Waals surface area (Å²) in [5.41, 5.74) is 1.03. The molecule has 114 valence electrons. The van der Waals surface area contributed by atoms with E-state index in [9.17, 15) is 14.7 Å². The van der Waals surface area contributed by atoms with Crippen molar-refractivity contribution in [2.75, 3.05) is 7.11 Å². The van der Waals surface area contributed by atoms with Crippen LogP contribution in [0, 0.1) is 19.3 Å². The van der Waals surface area contributed by atoms with Crippen LogP contribution in [0.4, 0.5) is 0 Å². The minimum atomic E-state index is -1.32. The summed E-state index contributed by atoms with van der Waals surface area (Å²) in [5, 5.41) is 9.61. The third-order valence-corrected chi connectivity index (χ3v) is 4.42. The molecule has 1 aliphatic rings. The Bertz CT molecular complexity index is 582. The number of rotatable bonds is 4. The number of carboxylic acids is 1. The first-order valence-electron chi connectivity index (χ1n) is 7.18. The second-order valence-electron chi connectivity index (χ2n) is 5.74. The molecule has 21 heavy (non-hydrogen) atoms. The number of aliphatic carboxylic acids is 1. The fourth-order valence-corrected chi connectivity index (χ4v) is 3.11. The highest BCUT2D eigenvalue weighted by Gasteiger charge is 2.47. The van der Waals surface area contributed by atoms with E-state index in [4.69, 9.17) is 4.74 Å². The van der Waals surface area contributed by atoms with E-state index < -0.39 is 11.4 Å². The lowest BCUT2D eigenvalue weighted by Gasteiger charge is -2.31. The van der Waals surface area contributed by atoms with Crippen LogP contribution in [-0.4, -0.2) is 29.0 Å². The van der Waals surface area contributed by atoms with Crippen LogP contribution in [0.2, 0.25) is 0 Å². The van der Waals surface area contributed by atoms with E-state index in [-0.39, 0.29) is 12.2 Å². The van der Waals surface area contributed by atoms with Gasteiger partial charge in [-0.05, 0) is 26.7 Å². The molecule has 1 saturated carbocycles. The number of Topliss-reactive ketones (excluding diaryl/α,β-unsaturated/α-hetero) is 1. The van der Waals surface area contributed by atoms with Gasteiger partial charge in [-0.15, -0.1) is 0 Å². The van der Waals surface area contributed by atoms with Crippen LogP contribution in [0.5, 0.6) is 5.75 Å². The molecule has 5 nitrogen and oxygen atoms in total. The molecule has 1 heterocycles. The molecule has 2 rings (SSSR count). The lowest BCUT2D eigenvalue weighted by molar-refractivity contribution is -0.157. The van der Waals surface area contributed by atoms with Crippen molar-refractivity contribution in [3.05, 3.63) is 23.0 Å². The number of aromatic nitrogens is 1. The van der Waals surface area contributed by atoms with Crippen LogP contribution < -0.4 is 4.74 Å². The average Bonchev–Trinajstić information content (AvgIpc) is 2.44. The molecule has 1 aromatic heterocycles. The van der Waals surface area contributed by atoms with Crippen molar-refractivity contribution in [3.63, 3.8) is 0 Å². The molecule has 0 saturated heterocycles. The second-order valence-corrected chi connectivity index (χ2v) is 5.74. The van der Waals surface area contributed by atoms with Crippen molar-refractivity contribution in [2.24, 2.45) is 5.41 Å². The Labute approximate surface area is 124 Å². The average molecular weight is 291 g/mol. The standard InChI is InChI=1S/C16H21NO4/c1-10-9-17-12(11(2)14(10)21-3)8-16(15(19)20)7-5-4-6-13(16)18/h9H,4-8H2,1-3H3,(H,19,20). The van der Waals surface area contributed by atoms with Gasteiger partial charge in [-0.1, -0.05) is 6.42 Å². The molecular formula is C16H21NO4. The molecule has 0 amide bonds. The van der Waals surface area contributed by atoms with E-state index >= 15 is 0 Å². The number of carboxylic acid groups (broad SMARTS) is 1. The zero-order chi connectivity index (χ0) is 15.6. The molecule has 0 radical (unpaired) electrons. The Morgan fingerprint density at radius 1 is 1.43 bits per heavy atom. The molecular weight excluding hydrogens is 270 g/mol. The van der Waals surface area contributed by atoms with Gasteiger partial charge in [-0.2, -0.15) is 0 Å². The number of aryl methyl sites for hydroxylation is 1. The number of pyridine rings is 1. The number of methoxy groups -OCH3 is 1. The molecule has 1 aromatic rings. The molecule has 1 atom stereocenters. The van der Waals surface area contributed by atoms with E-state index in [2.05, 4.69) is 4.98 Å². The number of hydrogen-bond donors (Lipinski definition) is 1. The van der Waals surface area contributed by atoms with Crippen LogP contribution in [0.1, 0.15) is 42.5 Å². The van der Waals surface area contributed by atoms with Crippen molar-refractivity contribution >= 4 is 11.8 Å². The van der Waals surface area contributed by atoms with Crippen molar-refractivity contribution in [1.29, 1.82) is 0 Å². The van der Waals surface area contributed by atoms with Crippen LogP contribution in [0.3, 0.4) is 0 Å². The third kappa shape index (κ3) is 2.64. The van der Waals surface area contributed by atoms with E-state index in [1.54, 1.807) is 13.3 Å². The van der Waals surface area contributed by atoms with Crippen molar-refractivity contribution in [2.45, 2.75) is 46.0 Å². The number of carbonyl (C=O) groups excluding carboxylic acids is 1.